The fourth-order valence-electron chi connectivity index (χ4n) is 1.62. The highest BCUT2D eigenvalue weighted by Gasteiger charge is 2.05. The van der Waals surface area contributed by atoms with Gasteiger partial charge < -0.3 is 10.1 Å². The second-order valence-corrected chi connectivity index (χ2v) is 5.62. The lowest BCUT2D eigenvalue weighted by Gasteiger charge is -2.10. The van der Waals surface area contributed by atoms with Crippen molar-refractivity contribution in [2.24, 2.45) is 0 Å². The summed E-state index contributed by atoms with van der Waals surface area (Å²) < 4.78 is 6.71. The first-order chi connectivity index (χ1) is 9.69. The molecule has 0 bridgehead atoms. The Balaban J connectivity index is 2.02. The lowest BCUT2D eigenvalue weighted by Crippen LogP contribution is -2.05. The topological polar surface area (TPSA) is 34.1 Å². The largest absolute Gasteiger partial charge is 0.487 e. The summed E-state index contributed by atoms with van der Waals surface area (Å²) in [6.45, 7) is 3.35. The molecule has 20 heavy (non-hydrogen) atoms. The van der Waals surface area contributed by atoms with Gasteiger partial charge in [-0.25, -0.2) is 4.98 Å². The number of aromatic nitrogens is 1. The first-order valence-electron chi connectivity index (χ1n) is 6.46. The van der Waals surface area contributed by atoms with Gasteiger partial charge in [0.25, 0.3) is 0 Å². The third kappa shape index (κ3) is 4.39. The summed E-state index contributed by atoms with van der Waals surface area (Å²) in [5, 5.41) is 3.85. The Morgan fingerprint density at radius 3 is 2.65 bits per heavy atom. The van der Waals surface area contributed by atoms with E-state index in [4.69, 9.17) is 16.3 Å². The van der Waals surface area contributed by atoms with E-state index in [0.29, 0.717) is 11.6 Å². The molecule has 5 heteroatoms. The molecule has 1 aromatic carbocycles. The first kappa shape index (κ1) is 15.1. The van der Waals surface area contributed by atoms with Gasteiger partial charge in [-0.15, -0.1) is 0 Å². The third-order valence-corrected chi connectivity index (χ3v) is 3.54. The zero-order chi connectivity index (χ0) is 14.4. The molecule has 0 spiro atoms. The molecule has 0 aliphatic rings. The summed E-state index contributed by atoms with van der Waals surface area (Å²) in [6, 6.07) is 11.4. The van der Waals surface area contributed by atoms with Crippen LogP contribution in [0.2, 0.25) is 5.02 Å². The van der Waals surface area contributed by atoms with Gasteiger partial charge in [0.15, 0.2) is 0 Å². The summed E-state index contributed by atoms with van der Waals surface area (Å²) in [4.78, 5) is 4.47. The SMILES string of the molecule is CCCNc1ccc(Cl)c(COc2ccc(Br)cc2)n1. The van der Waals surface area contributed by atoms with Crippen LogP contribution in [-0.2, 0) is 6.61 Å². The molecule has 0 saturated carbocycles. The van der Waals surface area contributed by atoms with Crippen molar-refractivity contribution in [1.82, 2.24) is 4.98 Å². The van der Waals surface area contributed by atoms with E-state index in [0.717, 1.165) is 34.7 Å². The predicted molar refractivity (Wildman–Crippen MR) is 86.5 cm³/mol. The Morgan fingerprint density at radius 1 is 1.20 bits per heavy atom. The minimum Gasteiger partial charge on any atom is -0.487 e. The summed E-state index contributed by atoms with van der Waals surface area (Å²) in [5.41, 5.74) is 0.732. The number of pyridine rings is 1. The molecule has 106 valence electrons. The van der Waals surface area contributed by atoms with Crippen molar-refractivity contribution >= 4 is 33.3 Å². The molecule has 1 heterocycles. The van der Waals surface area contributed by atoms with E-state index in [1.807, 2.05) is 36.4 Å². The van der Waals surface area contributed by atoms with Gasteiger partial charge in [-0.1, -0.05) is 34.5 Å². The summed E-state index contributed by atoms with van der Waals surface area (Å²) in [6.07, 6.45) is 1.05. The lowest BCUT2D eigenvalue weighted by molar-refractivity contribution is 0.301. The van der Waals surface area contributed by atoms with Crippen molar-refractivity contribution in [2.45, 2.75) is 20.0 Å². The summed E-state index contributed by atoms with van der Waals surface area (Å²) >= 11 is 9.53. The third-order valence-electron chi connectivity index (χ3n) is 2.66. The number of ether oxygens (including phenoxy) is 1. The molecule has 0 saturated heterocycles. The van der Waals surface area contributed by atoms with Crippen LogP contribution in [0.3, 0.4) is 0 Å². The van der Waals surface area contributed by atoms with Crippen LogP contribution in [0.25, 0.3) is 0 Å². The lowest BCUT2D eigenvalue weighted by atomic mass is 10.3. The van der Waals surface area contributed by atoms with Gasteiger partial charge in [0, 0.05) is 11.0 Å². The van der Waals surface area contributed by atoms with Crippen molar-refractivity contribution in [3.05, 3.63) is 51.6 Å². The Kier molecular flexibility index (Phi) is 5.68. The molecule has 0 aliphatic heterocycles. The molecule has 3 nitrogen and oxygen atoms in total. The standard InChI is InChI=1S/C15H16BrClN2O/c1-2-9-18-15-8-7-13(17)14(19-15)10-20-12-5-3-11(16)4-6-12/h3-8H,2,9-10H2,1H3,(H,18,19). The highest BCUT2D eigenvalue weighted by Crippen LogP contribution is 2.21. The molecule has 0 radical (unpaired) electrons. The Hall–Kier alpha value is -1.26. The second kappa shape index (κ2) is 7.50. The van der Waals surface area contributed by atoms with Gasteiger partial charge in [-0.05, 0) is 42.8 Å². The number of halogens is 2. The van der Waals surface area contributed by atoms with Crippen LogP contribution in [0.5, 0.6) is 5.75 Å². The monoisotopic (exact) mass is 354 g/mol. The van der Waals surface area contributed by atoms with Crippen molar-refractivity contribution < 1.29 is 4.74 Å². The fraction of sp³-hybridized carbons (Fsp3) is 0.267. The number of anilines is 1. The van der Waals surface area contributed by atoms with Crippen LogP contribution in [0.4, 0.5) is 5.82 Å². The maximum Gasteiger partial charge on any atom is 0.132 e. The van der Waals surface area contributed by atoms with Crippen molar-refractivity contribution in [1.29, 1.82) is 0 Å². The second-order valence-electron chi connectivity index (χ2n) is 4.29. The summed E-state index contributed by atoms with van der Waals surface area (Å²) in [7, 11) is 0. The molecular formula is C15H16BrClN2O. The number of nitrogens with zero attached hydrogens (tertiary/aromatic N) is 1. The maximum atomic E-state index is 6.14. The highest BCUT2D eigenvalue weighted by molar-refractivity contribution is 9.10. The molecule has 2 aromatic rings. The van der Waals surface area contributed by atoms with E-state index in [2.05, 4.69) is 33.2 Å². The van der Waals surface area contributed by atoms with Crippen LogP contribution < -0.4 is 10.1 Å². The van der Waals surface area contributed by atoms with E-state index in [9.17, 15) is 0 Å². The van der Waals surface area contributed by atoms with Gasteiger partial charge in [-0.2, -0.15) is 0 Å². The number of nitrogens with one attached hydrogen (secondary N) is 1. The minimum absolute atomic E-state index is 0.349. The normalized spacial score (nSPS) is 10.3. The molecular weight excluding hydrogens is 340 g/mol. The average molecular weight is 356 g/mol. The van der Waals surface area contributed by atoms with Crippen LogP contribution in [0.1, 0.15) is 19.0 Å². The van der Waals surface area contributed by atoms with E-state index in [1.54, 1.807) is 0 Å². The smallest absolute Gasteiger partial charge is 0.132 e. The number of rotatable bonds is 6. The zero-order valence-electron chi connectivity index (χ0n) is 11.2. The number of benzene rings is 1. The van der Waals surface area contributed by atoms with Crippen LogP contribution >= 0.6 is 27.5 Å². The Bertz CT molecular complexity index is 560. The van der Waals surface area contributed by atoms with Crippen LogP contribution in [0, 0.1) is 0 Å². The van der Waals surface area contributed by atoms with Crippen molar-refractivity contribution in [3.8, 4) is 5.75 Å². The molecule has 0 atom stereocenters. The van der Waals surface area contributed by atoms with E-state index in [-0.39, 0.29) is 0 Å². The van der Waals surface area contributed by atoms with Gasteiger partial charge >= 0.3 is 0 Å². The van der Waals surface area contributed by atoms with Crippen molar-refractivity contribution in [3.63, 3.8) is 0 Å². The average Bonchev–Trinajstić information content (AvgIpc) is 2.46. The first-order valence-corrected chi connectivity index (χ1v) is 7.64. The van der Waals surface area contributed by atoms with Gasteiger partial charge in [0.1, 0.15) is 18.2 Å². The van der Waals surface area contributed by atoms with Crippen LogP contribution in [-0.4, -0.2) is 11.5 Å². The zero-order valence-corrected chi connectivity index (χ0v) is 13.5. The van der Waals surface area contributed by atoms with Gasteiger partial charge in [-0.3, -0.25) is 0 Å². The van der Waals surface area contributed by atoms with Gasteiger partial charge in [0.05, 0.1) is 10.7 Å². The van der Waals surface area contributed by atoms with E-state index >= 15 is 0 Å². The maximum absolute atomic E-state index is 6.14. The molecule has 2 rings (SSSR count). The molecule has 0 aliphatic carbocycles. The van der Waals surface area contributed by atoms with E-state index < -0.39 is 0 Å². The molecule has 1 aromatic heterocycles. The number of hydrogen-bond acceptors (Lipinski definition) is 3. The number of hydrogen-bond donors (Lipinski definition) is 1. The minimum atomic E-state index is 0.349. The predicted octanol–water partition coefficient (Wildman–Crippen LogP) is 4.90. The highest BCUT2D eigenvalue weighted by atomic mass is 79.9. The molecule has 0 unspecified atom stereocenters. The molecule has 0 fully saturated rings. The quantitative estimate of drug-likeness (QED) is 0.800. The van der Waals surface area contributed by atoms with E-state index in [1.165, 1.54) is 0 Å². The van der Waals surface area contributed by atoms with Crippen LogP contribution in [0.15, 0.2) is 40.9 Å². The fourth-order valence-corrected chi connectivity index (χ4v) is 2.04. The van der Waals surface area contributed by atoms with Gasteiger partial charge in [0.2, 0.25) is 0 Å². The molecule has 0 amide bonds. The van der Waals surface area contributed by atoms with Crippen molar-refractivity contribution in [2.75, 3.05) is 11.9 Å². The summed E-state index contributed by atoms with van der Waals surface area (Å²) in [5.74, 6) is 1.61. The molecule has 1 N–H and O–H groups in total. The Labute approximate surface area is 132 Å². The Morgan fingerprint density at radius 2 is 1.95 bits per heavy atom.